The van der Waals surface area contributed by atoms with Crippen molar-refractivity contribution in [2.24, 2.45) is 10.9 Å². The van der Waals surface area contributed by atoms with Crippen molar-refractivity contribution in [3.8, 4) is 0 Å². The Morgan fingerprint density at radius 3 is 2.36 bits per heavy atom. The highest BCUT2D eigenvalue weighted by Crippen LogP contribution is 2.14. The zero-order valence-electron chi connectivity index (χ0n) is 16.6. The Morgan fingerprint density at radius 2 is 1.84 bits per heavy atom. The highest BCUT2D eigenvalue weighted by molar-refractivity contribution is 5.81. The van der Waals surface area contributed by atoms with Crippen LogP contribution in [-0.4, -0.2) is 17.4 Å². The van der Waals surface area contributed by atoms with E-state index in [4.69, 9.17) is 4.74 Å². The molecule has 0 aromatic heterocycles. The van der Waals surface area contributed by atoms with Gasteiger partial charge in [-0.25, -0.2) is 9.79 Å². The molecule has 0 heterocycles. The van der Waals surface area contributed by atoms with Crippen molar-refractivity contribution in [1.29, 1.82) is 0 Å². The number of nitrogens with zero attached hydrogens (tertiary/aromatic N) is 1. The first-order chi connectivity index (χ1) is 11.5. The molecule has 0 aliphatic rings. The highest BCUT2D eigenvalue weighted by Gasteiger charge is 2.17. The average molecular weight is 344 g/mol. The second-order valence-electron chi connectivity index (χ2n) is 7.74. The highest BCUT2D eigenvalue weighted by atomic mass is 16.6. The van der Waals surface area contributed by atoms with Crippen LogP contribution < -0.4 is 5.32 Å². The largest absolute Gasteiger partial charge is 0.444 e. The lowest BCUT2D eigenvalue weighted by Crippen LogP contribution is -2.32. The summed E-state index contributed by atoms with van der Waals surface area (Å²) in [5, 5.41) is 2.75. The molecule has 1 aromatic rings. The van der Waals surface area contributed by atoms with Crippen LogP contribution in [0.3, 0.4) is 0 Å². The van der Waals surface area contributed by atoms with Crippen LogP contribution in [0.5, 0.6) is 0 Å². The molecule has 0 saturated heterocycles. The van der Waals surface area contributed by atoms with E-state index in [1.54, 1.807) is 0 Å². The van der Waals surface area contributed by atoms with Gasteiger partial charge in [-0.2, -0.15) is 0 Å². The van der Waals surface area contributed by atoms with Gasteiger partial charge in [0.05, 0.1) is 0 Å². The Kier molecular flexibility index (Phi) is 7.88. The Morgan fingerprint density at radius 1 is 1.24 bits per heavy atom. The molecule has 0 aliphatic carbocycles. The molecule has 0 bridgehead atoms. The SMILES string of the molecule is CC(C)=N/C(=C\C(C)CCc1ccc(C)cc1)NC(=O)OC(C)(C)C. The lowest BCUT2D eigenvalue weighted by atomic mass is 10.00. The van der Waals surface area contributed by atoms with E-state index in [-0.39, 0.29) is 5.92 Å². The first-order valence-corrected chi connectivity index (χ1v) is 8.84. The second kappa shape index (κ2) is 9.40. The fourth-order valence-corrected chi connectivity index (χ4v) is 2.26. The van der Waals surface area contributed by atoms with Crippen LogP contribution in [0.4, 0.5) is 4.79 Å². The molecule has 1 rings (SSSR count). The summed E-state index contributed by atoms with van der Waals surface area (Å²) in [6.45, 7) is 13.6. The van der Waals surface area contributed by atoms with Crippen molar-refractivity contribution in [1.82, 2.24) is 5.32 Å². The van der Waals surface area contributed by atoms with E-state index < -0.39 is 11.7 Å². The first kappa shape index (κ1) is 20.9. The molecule has 0 saturated carbocycles. The fraction of sp³-hybridized carbons (Fsp3) is 0.524. The standard InChI is InChI=1S/C21H32N2O2/c1-15(2)22-19(23-20(24)25-21(5,6)7)14-17(4)10-13-18-11-8-16(3)9-12-18/h8-9,11-12,14,17H,10,13H2,1-7H3,(H,23,24)/b19-14+. The lowest BCUT2D eigenvalue weighted by molar-refractivity contribution is 0.0545. The first-order valence-electron chi connectivity index (χ1n) is 8.84. The third-order valence-electron chi connectivity index (χ3n) is 3.42. The quantitative estimate of drug-likeness (QED) is 0.701. The monoisotopic (exact) mass is 344 g/mol. The Bertz CT molecular complexity index is 618. The van der Waals surface area contributed by atoms with E-state index in [0.717, 1.165) is 18.6 Å². The van der Waals surface area contributed by atoms with E-state index in [2.05, 4.69) is 48.4 Å². The van der Waals surface area contributed by atoms with Gasteiger partial charge in [0.2, 0.25) is 0 Å². The molecule has 0 fully saturated rings. The van der Waals surface area contributed by atoms with Gasteiger partial charge >= 0.3 is 6.09 Å². The summed E-state index contributed by atoms with van der Waals surface area (Å²) in [5.74, 6) is 0.833. The molecule has 1 aromatic carbocycles. The molecule has 1 N–H and O–H groups in total. The minimum Gasteiger partial charge on any atom is -0.444 e. The third kappa shape index (κ3) is 9.70. The van der Waals surface area contributed by atoms with E-state index >= 15 is 0 Å². The maximum atomic E-state index is 12.0. The molecule has 1 atom stereocenters. The molecule has 138 valence electrons. The number of hydrogen-bond donors (Lipinski definition) is 1. The predicted molar refractivity (Wildman–Crippen MR) is 105 cm³/mol. The van der Waals surface area contributed by atoms with Crippen LogP contribution in [0.1, 0.15) is 59.1 Å². The number of hydrogen-bond acceptors (Lipinski definition) is 3. The number of carbonyl (C=O) groups excluding carboxylic acids is 1. The van der Waals surface area contributed by atoms with Crippen LogP contribution in [0.2, 0.25) is 0 Å². The molecule has 0 aliphatic heterocycles. The van der Waals surface area contributed by atoms with Crippen LogP contribution in [0.15, 0.2) is 41.2 Å². The van der Waals surface area contributed by atoms with Gasteiger partial charge in [-0.15, -0.1) is 0 Å². The van der Waals surface area contributed by atoms with Gasteiger partial charge < -0.3 is 4.74 Å². The molecule has 25 heavy (non-hydrogen) atoms. The number of carbonyl (C=O) groups is 1. The maximum Gasteiger partial charge on any atom is 0.413 e. The molecule has 4 nitrogen and oxygen atoms in total. The summed E-state index contributed by atoms with van der Waals surface area (Å²) in [5.41, 5.74) is 2.95. The van der Waals surface area contributed by atoms with Gasteiger partial charge in [-0.3, -0.25) is 5.32 Å². The Balaban J connectivity index is 2.71. The van der Waals surface area contributed by atoms with Crippen LogP contribution >= 0.6 is 0 Å². The summed E-state index contributed by atoms with van der Waals surface area (Å²) >= 11 is 0. The zero-order valence-corrected chi connectivity index (χ0v) is 16.6. The normalized spacial score (nSPS) is 13.2. The van der Waals surface area contributed by atoms with Gasteiger partial charge in [0, 0.05) is 5.71 Å². The van der Waals surface area contributed by atoms with Crippen molar-refractivity contribution >= 4 is 11.8 Å². The minimum absolute atomic E-state index is 0.286. The van der Waals surface area contributed by atoms with Gasteiger partial charge in [-0.1, -0.05) is 36.8 Å². The molecule has 0 radical (unpaired) electrons. The van der Waals surface area contributed by atoms with Crippen molar-refractivity contribution in [2.45, 2.75) is 66.9 Å². The van der Waals surface area contributed by atoms with E-state index in [9.17, 15) is 4.79 Å². The van der Waals surface area contributed by atoms with Crippen molar-refractivity contribution < 1.29 is 9.53 Å². The minimum atomic E-state index is -0.531. The molecule has 1 unspecified atom stereocenters. The summed E-state index contributed by atoms with van der Waals surface area (Å²) in [7, 11) is 0. The number of aryl methyl sites for hydroxylation is 2. The number of nitrogens with one attached hydrogen (secondary N) is 1. The second-order valence-corrected chi connectivity index (χ2v) is 7.74. The molecule has 1 amide bonds. The molecule has 0 spiro atoms. The number of benzene rings is 1. The number of amides is 1. The zero-order chi connectivity index (χ0) is 19.0. The molecular weight excluding hydrogens is 312 g/mol. The maximum absolute atomic E-state index is 12.0. The summed E-state index contributed by atoms with van der Waals surface area (Å²) in [4.78, 5) is 16.4. The van der Waals surface area contributed by atoms with Gasteiger partial charge in [0.1, 0.15) is 11.4 Å². The van der Waals surface area contributed by atoms with E-state index in [0.29, 0.717) is 5.82 Å². The predicted octanol–water partition coefficient (Wildman–Crippen LogP) is 5.41. The number of rotatable bonds is 6. The summed E-state index contributed by atoms with van der Waals surface area (Å²) < 4.78 is 5.31. The molecular formula is C21H32N2O2. The van der Waals surface area contributed by atoms with E-state index in [1.165, 1.54) is 11.1 Å². The molecule has 4 heteroatoms. The van der Waals surface area contributed by atoms with Crippen LogP contribution in [0.25, 0.3) is 0 Å². The Hall–Kier alpha value is -2.10. The summed E-state index contributed by atoms with van der Waals surface area (Å²) in [6.07, 6.45) is 3.49. The lowest BCUT2D eigenvalue weighted by Gasteiger charge is -2.20. The van der Waals surface area contributed by atoms with Crippen molar-refractivity contribution in [3.63, 3.8) is 0 Å². The van der Waals surface area contributed by atoms with Crippen LogP contribution in [-0.2, 0) is 11.2 Å². The van der Waals surface area contributed by atoms with Crippen LogP contribution in [0, 0.1) is 12.8 Å². The number of ether oxygens (including phenoxy) is 1. The smallest absolute Gasteiger partial charge is 0.413 e. The summed E-state index contributed by atoms with van der Waals surface area (Å²) in [6, 6.07) is 8.60. The fourth-order valence-electron chi connectivity index (χ4n) is 2.26. The topological polar surface area (TPSA) is 50.7 Å². The van der Waals surface area contributed by atoms with Crippen molar-refractivity contribution in [2.75, 3.05) is 0 Å². The van der Waals surface area contributed by atoms with Gasteiger partial charge in [0.25, 0.3) is 0 Å². The van der Waals surface area contributed by atoms with Gasteiger partial charge in [0.15, 0.2) is 0 Å². The third-order valence-corrected chi connectivity index (χ3v) is 3.42. The van der Waals surface area contributed by atoms with Crippen molar-refractivity contribution in [3.05, 3.63) is 47.3 Å². The number of allylic oxidation sites excluding steroid dienone is 1. The average Bonchev–Trinajstić information content (AvgIpc) is 2.43. The van der Waals surface area contributed by atoms with E-state index in [1.807, 2.05) is 40.7 Å². The number of alkyl carbamates (subject to hydrolysis) is 1. The Labute approximate surface area is 152 Å². The van der Waals surface area contributed by atoms with Gasteiger partial charge in [-0.05, 0) is 71.9 Å². The number of aliphatic imine (C=N–C) groups is 1.